The molecule has 0 bridgehead atoms. The van der Waals surface area contributed by atoms with Gasteiger partial charge in [0.15, 0.2) is 5.78 Å². The zero-order valence-corrected chi connectivity index (χ0v) is 18.9. The number of aliphatic imine (C=N–C) groups is 1. The van der Waals surface area contributed by atoms with Crippen molar-refractivity contribution in [3.8, 4) is 0 Å². The standard InChI is InChI=1S/C25H26FN5O/c1-14-6-8-15(9-7-14)23-21(24-28-13-29-30(24)5)22-20-17(19(32)12-27-22)10-16(26)11-18(20)31(23)25(2,3)4/h6-11,13,21,23H,12H2,1-5H3/t21-,23?/m0/s1. The minimum Gasteiger partial charge on any atom is -0.358 e. The highest BCUT2D eigenvalue weighted by molar-refractivity contribution is 6.21. The molecule has 0 saturated heterocycles. The van der Waals surface area contributed by atoms with E-state index in [9.17, 15) is 9.18 Å². The van der Waals surface area contributed by atoms with Gasteiger partial charge in [-0.2, -0.15) is 5.10 Å². The summed E-state index contributed by atoms with van der Waals surface area (Å²) >= 11 is 0. The Kier molecular flexibility index (Phi) is 4.55. The van der Waals surface area contributed by atoms with Crippen LogP contribution in [0.3, 0.4) is 0 Å². The van der Waals surface area contributed by atoms with Gasteiger partial charge in [0.1, 0.15) is 24.5 Å². The van der Waals surface area contributed by atoms with Crippen LogP contribution in [0, 0.1) is 12.7 Å². The van der Waals surface area contributed by atoms with E-state index in [1.165, 1.54) is 12.1 Å². The number of hydrogen-bond donors (Lipinski definition) is 0. The van der Waals surface area contributed by atoms with Gasteiger partial charge in [0.05, 0.1) is 23.4 Å². The summed E-state index contributed by atoms with van der Waals surface area (Å²) in [7, 11) is 1.87. The van der Waals surface area contributed by atoms with Crippen LogP contribution in [0.4, 0.5) is 10.1 Å². The van der Waals surface area contributed by atoms with Crippen molar-refractivity contribution in [1.82, 2.24) is 14.8 Å². The third kappa shape index (κ3) is 3.06. The Morgan fingerprint density at radius 1 is 1.12 bits per heavy atom. The second-order valence-electron chi connectivity index (χ2n) is 9.59. The Labute approximate surface area is 186 Å². The van der Waals surface area contributed by atoms with Crippen molar-refractivity contribution in [1.29, 1.82) is 0 Å². The van der Waals surface area contributed by atoms with Crippen LogP contribution in [0.5, 0.6) is 0 Å². The predicted octanol–water partition coefficient (Wildman–Crippen LogP) is 4.39. The highest BCUT2D eigenvalue weighted by Gasteiger charge is 2.48. The van der Waals surface area contributed by atoms with E-state index in [1.54, 1.807) is 11.0 Å². The molecule has 2 aromatic carbocycles. The normalized spacial score (nSPS) is 20.2. The lowest BCUT2D eigenvalue weighted by molar-refractivity contribution is 0.0999. The molecule has 164 valence electrons. The third-order valence-corrected chi connectivity index (χ3v) is 6.35. The first kappa shape index (κ1) is 20.5. The van der Waals surface area contributed by atoms with E-state index in [0.29, 0.717) is 16.8 Å². The molecular formula is C25H26FN5O. The number of halogens is 1. The number of ketones is 1. The molecule has 0 amide bonds. The first-order valence-corrected chi connectivity index (χ1v) is 10.8. The Morgan fingerprint density at radius 3 is 2.47 bits per heavy atom. The van der Waals surface area contributed by atoms with E-state index in [0.717, 1.165) is 22.7 Å². The van der Waals surface area contributed by atoms with E-state index < -0.39 is 5.82 Å². The molecule has 0 saturated carbocycles. The molecule has 2 aliphatic rings. The van der Waals surface area contributed by atoms with Crippen LogP contribution in [0.25, 0.3) is 0 Å². The summed E-state index contributed by atoms with van der Waals surface area (Å²) in [6, 6.07) is 11.1. The molecule has 7 heteroatoms. The summed E-state index contributed by atoms with van der Waals surface area (Å²) in [5.74, 6) is -0.0840. The Hall–Kier alpha value is -3.35. The number of benzene rings is 2. The van der Waals surface area contributed by atoms with Crippen LogP contribution >= 0.6 is 0 Å². The fraction of sp³-hybridized carbons (Fsp3) is 0.360. The second-order valence-corrected chi connectivity index (χ2v) is 9.59. The monoisotopic (exact) mass is 431 g/mol. The number of rotatable bonds is 2. The molecule has 0 N–H and O–H groups in total. The van der Waals surface area contributed by atoms with Crippen molar-refractivity contribution in [3.05, 3.63) is 76.6 Å². The Balaban J connectivity index is 1.88. The van der Waals surface area contributed by atoms with Crippen molar-refractivity contribution in [3.63, 3.8) is 0 Å². The number of hydrogen-bond acceptors (Lipinski definition) is 5. The molecule has 2 atom stereocenters. The maximum absolute atomic E-state index is 14.8. The SMILES string of the molecule is Cc1ccc(C2[C@@H](c3ncnn3C)C3=NCC(=O)c4cc(F)cc(c43)N2C(C)(C)C)cc1. The van der Waals surface area contributed by atoms with Crippen molar-refractivity contribution in [2.75, 3.05) is 11.4 Å². The van der Waals surface area contributed by atoms with Crippen molar-refractivity contribution < 1.29 is 9.18 Å². The van der Waals surface area contributed by atoms with Gasteiger partial charge in [-0.25, -0.2) is 9.37 Å². The number of aromatic nitrogens is 3. The first-order valence-electron chi connectivity index (χ1n) is 10.8. The topological polar surface area (TPSA) is 63.4 Å². The van der Waals surface area contributed by atoms with Crippen molar-refractivity contribution in [2.24, 2.45) is 12.0 Å². The smallest absolute Gasteiger partial charge is 0.185 e. The zero-order valence-electron chi connectivity index (χ0n) is 18.9. The average Bonchev–Trinajstić information content (AvgIpc) is 3.14. The molecule has 0 fully saturated rings. The molecule has 1 unspecified atom stereocenters. The van der Waals surface area contributed by atoms with E-state index in [2.05, 4.69) is 66.9 Å². The summed E-state index contributed by atoms with van der Waals surface area (Å²) in [6.07, 6.45) is 1.54. The molecule has 32 heavy (non-hydrogen) atoms. The van der Waals surface area contributed by atoms with Gasteiger partial charge in [0.25, 0.3) is 0 Å². The first-order chi connectivity index (χ1) is 15.2. The van der Waals surface area contributed by atoms with Crippen molar-refractivity contribution in [2.45, 2.75) is 45.2 Å². The minimum atomic E-state index is -0.414. The van der Waals surface area contributed by atoms with Crippen LogP contribution in [-0.2, 0) is 7.05 Å². The Morgan fingerprint density at radius 2 is 1.84 bits per heavy atom. The maximum atomic E-state index is 14.8. The van der Waals surface area contributed by atoms with Gasteiger partial charge in [0, 0.05) is 23.7 Å². The van der Waals surface area contributed by atoms with Crippen LogP contribution in [-0.4, -0.2) is 38.3 Å². The molecule has 0 spiro atoms. The molecule has 6 nitrogen and oxygen atoms in total. The molecule has 3 heterocycles. The van der Waals surface area contributed by atoms with Gasteiger partial charge >= 0.3 is 0 Å². The summed E-state index contributed by atoms with van der Waals surface area (Å²) in [6.45, 7) is 8.37. The van der Waals surface area contributed by atoms with Gasteiger partial charge < -0.3 is 4.90 Å². The number of nitrogens with zero attached hydrogens (tertiary/aromatic N) is 5. The highest BCUT2D eigenvalue weighted by Crippen LogP contribution is 2.51. The van der Waals surface area contributed by atoms with Crippen LogP contribution in [0.15, 0.2) is 47.7 Å². The van der Waals surface area contributed by atoms with E-state index in [4.69, 9.17) is 4.99 Å². The maximum Gasteiger partial charge on any atom is 0.185 e. The molecule has 3 aromatic rings. The van der Waals surface area contributed by atoms with E-state index in [-0.39, 0.29) is 29.8 Å². The van der Waals surface area contributed by atoms with Crippen LogP contribution in [0.2, 0.25) is 0 Å². The lowest BCUT2D eigenvalue weighted by Gasteiger charge is -2.51. The molecule has 5 rings (SSSR count). The van der Waals surface area contributed by atoms with Gasteiger partial charge in [0.2, 0.25) is 0 Å². The average molecular weight is 432 g/mol. The second kappa shape index (κ2) is 7.08. The molecule has 0 aliphatic carbocycles. The number of carbonyl (C=O) groups excluding carboxylic acids is 1. The number of Topliss-reactive ketones (excluding diaryl/α,β-unsaturated/α-hetero) is 1. The zero-order chi connectivity index (χ0) is 22.8. The lowest BCUT2D eigenvalue weighted by Crippen LogP contribution is -2.52. The van der Waals surface area contributed by atoms with E-state index >= 15 is 0 Å². The molecule has 1 aromatic heterocycles. The highest BCUT2D eigenvalue weighted by atomic mass is 19.1. The van der Waals surface area contributed by atoms with E-state index in [1.807, 2.05) is 7.05 Å². The Bertz CT molecular complexity index is 1250. The summed E-state index contributed by atoms with van der Waals surface area (Å²) in [4.78, 5) is 24.3. The fourth-order valence-electron chi connectivity index (χ4n) is 5.03. The van der Waals surface area contributed by atoms with Crippen molar-refractivity contribution >= 4 is 17.2 Å². The number of aryl methyl sites for hydroxylation is 2. The summed E-state index contributed by atoms with van der Waals surface area (Å²) in [5, 5.41) is 4.32. The summed E-state index contributed by atoms with van der Waals surface area (Å²) < 4.78 is 16.6. The molecule has 0 radical (unpaired) electrons. The van der Waals surface area contributed by atoms with Gasteiger partial charge in [-0.05, 0) is 45.4 Å². The quantitative estimate of drug-likeness (QED) is 0.604. The molecular weight excluding hydrogens is 405 g/mol. The van der Waals surface area contributed by atoms with Crippen LogP contribution < -0.4 is 4.90 Å². The lowest BCUT2D eigenvalue weighted by atomic mass is 9.74. The fourth-order valence-corrected chi connectivity index (χ4v) is 5.03. The molecule has 2 aliphatic heterocycles. The summed E-state index contributed by atoms with van der Waals surface area (Å²) in [5.41, 5.74) is 4.45. The largest absolute Gasteiger partial charge is 0.358 e. The van der Waals surface area contributed by atoms with Crippen LogP contribution in [0.1, 0.15) is 65.6 Å². The minimum absolute atomic E-state index is 0.00964. The number of anilines is 1. The van der Waals surface area contributed by atoms with Gasteiger partial charge in [-0.1, -0.05) is 29.8 Å². The van der Waals surface area contributed by atoms with Gasteiger partial charge in [-0.15, -0.1) is 0 Å². The third-order valence-electron chi connectivity index (χ3n) is 6.35. The predicted molar refractivity (Wildman–Crippen MR) is 122 cm³/mol. The van der Waals surface area contributed by atoms with Gasteiger partial charge in [-0.3, -0.25) is 14.5 Å². The number of carbonyl (C=O) groups is 1.